The Balaban J connectivity index is 1.61. The molecule has 0 radical (unpaired) electrons. The molecule has 4 aromatic rings. The van der Waals surface area contributed by atoms with E-state index in [4.69, 9.17) is 0 Å². The van der Waals surface area contributed by atoms with E-state index in [9.17, 15) is 4.79 Å². The molecule has 0 aliphatic carbocycles. The number of H-pyrrole nitrogens is 1. The van der Waals surface area contributed by atoms with Crippen LogP contribution in [0.3, 0.4) is 0 Å². The van der Waals surface area contributed by atoms with E-state index < -0.39 is 0 Å². The second-order valence-electron chi connectivity index (χ2n) is 5.23. The van der Waals surface area contributed by atoms with Crippen LogP contribution < -0.4 is 5.32 Å². The van der Waals surface area contributed by atoms with Crippen molar-refractivity contribution in [1.29, 1.82) is 0 Å². The molecule has 3 heterocycles. The molecule has 0 saturated carbocycles. The quantitative estimate of drug-likeness (QED) is 0.599. The van der Waals surface area contributed by atoms with Crippen LogP contribution in [0.1, 0.15) is 15.4 Å². The number of fused-ring (bicyclic) bond motifs is 1. The molecule has 24 heavy (non-hydrogen) atoms. The molecule has 0 aliphatic heterocycles. The smallest absolute Gasteiger partial charge is 0.269 e. The van der Waals surface area contributed by atoms with Gasteiger partial charge < -0.3 is 4.98 Å². The molecular formula is C17H13N5OS. The number of carbonyl (C=O) groups is 1. The normalized spacial score (nSPS) is 10.9. The maximum atomic E-state index is 12.5. The molecule has 118 valence electrons. The number of imidazole rings is 1. The summed E-state index contributed by atoms with van der Waals surface area (Å²) in [7, 11) is 0. The molecule has 6 nitrogen and oxygen atoms in total. The molecule has 0 unspecified atom stereocenters. The topological polar surface area (TPSA) is 83.6 Å². The second-order valence-corrected chi connectivity index (χ2v) is 6.23. The summed E-state index contributed by atoms with van der Waals surface area (Å²) >= 11 is 1.35. The highest BCUT2D eigenvalue weighted by Gasteiger charge is 2.17. The van der Waals surface area contributed by atoms with Gasteiger partial charge in [0.2, 0.25) is 5.95 Å². The van der Waals surface area contributed by atoms with Gasteiger partial charge in [0.05, 0.1) is 16.7 Å². The van der Waals surface area contributed by atoms with Crippen LogP contribution in [0.5, 0.6) is 0 Å². The van der Waals surface area contributed by atoms with Crippen LogP contribution in [0.2, 0.25) is 0 Å². The van der Waals surface area contributed by atoms with Crippen LogP contribution in [-0.2, 0) is 0 Å². The molecule has 7 heteroatoms. The summed E-state index contributed by atoms with van der Waals surface area (Å²) in [6, 6.07) is 11.4. The molecular weight excluding hydrogens is 322 g/mol. The van der Waals surface area contributed by atoms with Gasteiger partial charge in [0.25, 0.3) is 5.91 Å². The number of anilines is 1. The summed E-state index contributed by atoms with van der Waals surface area (Å²) in [5, 5.41) is 3.60. The molecule has 0 fully saturated rings. The van der Waals surface area contributed by atoms with E-state index in [0.717, 1.165) is 21.6 Å². The van der Waals surface area contributed by atoms with Crippen LogP contribution >= 0.6 is 11.3 Å². The van der Waals surface area contributed by atoms with Crippen LogP contribution in [0.25, 0.3) is 21.6 Å². The fourth-order valence-corrected chi connectivity index (χ4v) is 3.37. The Bertz CT molecular complexity index is 989. The van der Waals surface area contributed by atoms with E-state index in [1.807, 2.05) is 43.3 Å². The number of benzene rings is 1. The standard InChI is InChI=1S/C17H13N5OS/c1-10-14(24-16(19-10)11-6-8-18-9-7-11)15(23)22-17-20-12-4-2-3-5-13(12)21-17/h2-9H,1H3,(H2,20,21,22,23). The fourth-order valence-electron chi connectivity index (χ4n) is 2.40. The van der Waals surface area contributed by atoms with E-state index in [2.05, 4.69) is 25.3 Å². The van der Waals surface area contributed by atoms with Crippen molar-refractivity contribution in [2.45, 2.75) is 6.92 Å². The Morgan fingerprint density at radius 1 is 1.12 bits per heavy atom. The number of rotatable bonds is 3. The zero-order valence-corrected chi connectivity index (χ0v) is 13.6. The number of carbonyl (C=O) groups excluding carboxylic acids is 1. The number of nitrogens with one attached hydrogen (secondary N) is 2. The summed E-state index contributed by atoms with van der Waals surface area (Å²) in [6.45, 7) is 1.83. The maximum Gasteiger partial charge on any atom is 0.269 e. The third-order valence-corrected chi connectivity index (χ3v) is 4.76. The number of aromatic nitrogens is 4. The molecule has 0 spiro atoms. The monoisotopic (exact) mass is 335 g/mol. The van der Waals surface area contributed by atoms with Gasteiger partial charge in [0.15, 0.2) is 0 Å². The fraction of sp³-hybridized carbons (Fsp3) is 0.0588. The first-order valence-electron chi connectivity index (χ1n) is 7.34. The molecule has 0 aliphatic rings. The summed E-state index contributed by atoms with van der Waals surface area (Å²) in [5.41, 5.74) is 3.33. The minimum absolute atomic E-state index is 0.218. The van der Waals surface area contributed by atoms with E-state index in [1.165, 1.54) is 11.3 Å². The Labute approximate surface area is 141 Å². The molecule has 0 saturated heterocycles. The largest absolute Gasteiger partial charge is 0.324 e. The van der Waals surface area contributed by atoms with E-state index in [-0.39, 0.29) is 5.91 Å². The van der Waals surface area contributed by atoms with Gasteiger partial charge in [-0.15, -0.1) is 11.3 Å². The minimum atomic E-state index is -0.218. The number of pyridine rings is 1. The molecule has 1 aromatic carbocycles. The van der Waals surface area contributed by atoms with Crippen LogP contribution in [0.4, 0.5) is 5.95 Å². The maximum absolute atomic E-state index is 12.5. The van der Waals surface area contributed by atoms with Crippen molar-refractivity contribution in [1.82, 2.24) is 19.9 Å². The summed E-state index contributed by atoms with van der Waals surface area (Å²) < 4.78 is 0. The summed E-state index contributed by atoms with van der Waals surface area (Å²) in [6.07, 6.45) is 3.42. The molecule has 1 amide bonds. The van der Waals surface area contributed by atoms with Crippen molar-refractivity contribution >= 4 is 34.2 Å². The first kappa shape index (κ1) is 14.5. The van der Waals surface area contributed by atoms with Crippen LogP contribution in [0, 0.1) is 6.92 Å². The first-order valence-corrected chi connectivity index (χ1v) is 8.16. The minimum Gasteiger partial charge on any atom is -0.324 e. The van der Waals surface area contributed by atoms with E-state index in [0.29, 0.717) is 16.5 Å². The van der Waals surface area contributed by atoms with Gasteiger partial charge in [-0.2, -0.15) is 0 Å². The van der Waals surface area contributed by atoms with E-state index >= 15 is 0 Å². The summed E-state index contributed by atoms with van der Waals surface area (Å²) in [5.74, 6) is 0.212. The Kier molecular flexibility index (Phi) is 3.55. The number of aromatic amines is 1. The van der Waals surface area contributed by atoms with Crippen molar-refractivity contribution in [3.63, 3.8) is 0 Å². The predicted molar refractivity (Wildman–Crippen MR) is 94.1 cm³/mol. The Morgan fingerprint density at radius 3 is 2.71 bits per heavy atom. The van der Waals surface area contributed by atoms with Gasteiger partial charge >= 0.3 is 0 Å². The highest BCUT2D eigenvalue weighted by atomic mass is 32.1. The third kappa shape index (κ3) is 2.65. The second kappa shape index (κ2) is 5.86. The van der Waals surface area contributed by atoms with Crippen LogP contribution in [-0.4, -0.2) is 25.8 Å². The van der Waals surface area contributed by atoms with Gasteiger partial charge in [0.1, 0.15) is 9.88 Å². The SMILES string of the molecule is Cc1nc(-c2ccncc2)sc1C(=O)Nc1nc2ccccc2[nH]1. The lowest BCUT2D eigenvalue weighted by atomic mass is 10.3. The number of amides is 1. The number of para-hydroxylation sites is 2. The lowest BCUT2D eigenvalue weighted by Crippen LogP contribution is -2.12. The average Bonchev–Trinajstić information content (AvgIpc) is 3.18. The van der Waals surface area contributed by atoms with Gasteiger partial charge in [0, 0.05) is 18.0 Å². The molecule has 2 N–H and O–H groups in total. The number of hydrogen-bond donors (Lipinski definition) is 2. The number of nitrogens with zero attached hydrogens (tertiary/aromatic N) is 3. The zero-order valence-electron chi connectivity index (χ0n) is 12.8. The first-order chi connectivity index (χ1) is 11.7. The molecule has 0 bridgehead atoms. The number of thiazole rings is 1. The Hall–Kier alpha value is -3.06. The highest BCUT2D eigenvalue weighted by molar-refractivity contribution is 7.17. The summed E-state index contributed by atoms with van der Waals surface area (Å²) in [4.78, 5) is 29.0. The van der Waals surface area contributed by atoms with E-state index in [1.54, 1.807) is 12.4 Å². The van der Waals surface area contributed by atoms with Crippen molar-refractivity contribution in [2.75, 3.05) is 5.32 Å². The Morgan fingerprint density at radius 2 is 1.92 bits per heavy atom. The van der Waals surface area contributed by atoms with Crippen molar-refractivity contribution in [2.24, 2.45) is 0 Å². The average molecular weight is 335 g/mol. The van der Waals surface area contributed by atoms with Crippen LogP contribution in [0.15, 0.2) is 48.8 Å². The van der Waals surface area contributed by atoms with Crippen molar-refractivity contribution in [3.05, 3.63) is 59.4 Å². The third-order valence-electron chi connectivity index (χ3n) is 3.55. The van der Waals surface area contributed by atoms with Gasteiger partial charge in [-0.05, 0) is 31.2 Å². The molecule has 3 aromatic heterocycles. The lowest BCUT2D eigenvalue weighted by Gasteiger charge is -1.99. The number of hydrogen-bond acceptors (Lipinski definition) is 5. The van der Waals surface area contributed by atoms with Gasteiger partial charge in [-0.1, -0.05) is 12.1 Å². The van der Waals surface area contributed by atoms with Crippen molar-refractivity contribution in [3.8, 4) is 10.6 Å². The molecule has 4 rings (SSSR count). The van der Waals surface area contributed by atoms with Gasteiger partial charge in [-0.3, -0.25) is 15.1 Å². The lowest BCUT2D eigenvalue weighted by molar-refractivity contribution is 0.102. The van der Waals surface area contributed by atoms with Gasteiger partial charge in [-0.25, -0.2) is 9.97 Å². The zero-order chi connectivity index (χ0) is 16.5. The number of aryl methyl sites for hydroxylation is 1. The molecule has 0 atom stereocenters. The highest BCUT2D eigenvalue weighted by Crippen LogP contribution is 2.28. The predicted octanol–water partition coefficient (Wildman–Crippen LogP) is 3.64. The van der Waals surface area contributed by atoms with Crippen molar-refractivity contribution < 1.29 is 4.79 Å².